The summed E-state index contributed by atoms with van der Waals surface area (Å²) in [5.74, 6) is 2.98. The van der Waals surface area contributed by atoms with E-state index in [4.69, 9.17) is 4.74 Å². The Labute approximate surface area is 106 Å². The summed E-state index contributed by atoms with van der Waals surface area (Å²) in [7, 11) is 0. The number of hydrogen-bond donors (Lipinski definition) is 1. The van der Waals surface area contributed by atoms with Crippen molar-refractivity contribution in [3.63, 3.8) is 0 Å². The Morgan fingerprint density at radius 3 is 2.88 bits per heavy atom. The quantitative estimate of drug-likeness (QED) is 0.790. The van der Waals surface area contributed by atoms with E-state index in [1.54, 1.807) is 0 Å². The van der Waals surface area contributed by atoms with Gasteiger partial charge in [0.2, 0.25) is 0 Å². The average Bonchev–Trinajstić information content (AvgIpc) is 2.85. The third kappa shape index (κ3) is 3.25. The minimum absolute atomic E-state index is 0.483. The molecule has 2 rings (SSSR count). The molecule has 0 bridgehead atoms. The highest BCUT2D eigenvalue weighted by atomic mass is 16.5. The fourth-order valence-electron chi connectivity index (χ4n) is 3.30. The minimum Gasteiger partial charge on any atom is -0.497 e. The first-order valence-corrected chi connectivity index (χ1v) is 7.41. The number of hydrogen-bond acceptors (Lipinski definition) is 2. The molecule has 1 N–H and O–H groups in total. The second-order valence-electron chi connectivity index (χ2n) is 5.48. The van der Waals surface area contributed by atoms with Crippen molar-refractivity contribution in [1.29, 1.82) is 0 Å². The molecule has 0 amide bonds. The maximum absolute atomic E-state index is 5.87. The van der Waals surface area contributed by atoms with Crippen LogP contribution in [0.2, 0.25) is 0 Å². The summed E-state index contributed by atoms with van der Waals surface area (Å²) in [6.45, 7) is 6.48. The van der Waals surface area contributed by atoms with Crippen molar-refractivity contribution >= 4 is 0 Å². The first kappa shape index (κ1) is 12.9. The third-order valence-corrected chi connectivity index (χ3v) is 4.32. The zero-order chi connectivity index (χ0) is 12.1. The number of nitrogens with one attached hydrogen (secondary N) is 1. The molecule has 3 unspecified atom stereocenters. The molecule has 0 aromatic carbocycles. The van der Waals surface area contributed by atoms with Gasteiger partial charge in [-0.25, -0.2) is 0 Å². The van der Waals surface area contributed by atoms with Gasteiger partial charge in [-0.3, -0.25) is 0 Å². The Balaban J connectivity index is 1.99. The topological polar surface area (TPSA) is 21.3 Å². The summed E-state index contributed by atoms with van der Waals surface area (Å²) in [5.41, 5.74) is 0. The summed E-state index contributed by atoms with van der Waals surface area (Å²) in [6.07, 6.45) is 10.2. The molecule has 1 heterocycles. The van der Waals surface area contributed by atoms with Gasteiger partial charge in [0, 0.05) is 0 Å². The zero-order valence-corrected chi connectivity index (χ0v) is 11.4. The van der Waals surface area contributed by atoms with Crippen molar-refractivity contribution in [2.24, 2.45) is 11.8 Å². The van der Waals surface area contributed by atoms with Crippen molar-refractivity contribution in [2.75, 3.05) is 13.2 Å². The van der Waals surface area contributed by atoms with Gasteiger partial charge in [0.25, 0.3) is 0 Å². The largest absolute Gasteiger partial charge is 0.497 e. The number of allylic oxidation sites excluding steroid dienone is 1. The lowest BCUT2D eigenvalue weighted by Crippen LogP contribution is -2.38. The summed E-state index contributed by atoms with van der Waals surface area (Å²) >= 11 is 0. The standard InChI is InChI=1S/C15H27NO/c1-3-12-8-9-13(11-12)15(16-4-2)14-7-5-6-10-17-14/h7,12-13,15-16H,3-6,8-11H2,1-2H3. The van der Waals surface area contributed by atoms with Crippen molar-refractivity contribution < 1.29 is 4.74 Å². The Morgan fingerprint density at radius 1 is 1.41 bits per heavy atom. The van der Waals surface area contributed by atoms with Gasteiger partial charge in [-0.1, -0.05) is 26.7 Å². The van der Waals surface area contributed by atoms with Crippen molar-refractivity contribution in [2.45, 2.75) is 58.4 Å². The fraction of sp³-hybridized carbons (Fsp3) is 0.867. The predicted octanol–water partition coefficient (Wildman–Crippen LogP) is 3.49. The second kappa shape index (κ2) is 6.44. The highest BCUT2D eigenvalue weighted by molar-refractivity contribution is 5.08. The molecule has 2 nitrogen and oxygen atoms in total. The van der Waals surface area contributed by atoms with Gasteiger partial charge in [-0.05, 0) is 50.1 Å². The van der Waals surface area contributed by atoms with Crippen LogP contribution in [0.3, 0.4) is 0 Å². The first-order chi connectivity index (χ1) is 8.35. The van der Waals surface area contributed by atoms with Crippen molar-refractivity contribution in [3.05, 3.63) is 11.8 Å². The van der Waals surface area contributed by atoms with E-state index >= 15 is 0 Å². The smallest absolute Gasteiger partial charge is 0.109 e. The molecule has 0 saturated heterocycles. The Kier molecular flexibility index (Phi) is 4.90. The number of rotatable bonds is 5. The maximum Gasteiger partial charge on any atom is 0.109 e. The molecule has 0 spiro atoms. The zero-order valence-electron chi connectivity index (χ0n) is 11.4. The van der Waals surface area contributed by atoms with Crippen LogP contribution >= 0.6 is 0 Å². The number of likely N-dealkylation sites (N-methyl/N-ethyl adjacent to an activating group) is 1. The monoisotopic (exact) mass is 237 g/mol. The fourth-order valence-corrected chi connectivity index (χ4v) is 3.30. The Morgan fingerprint density at radius 2 is 2.29 bits per heavy atom. The van der Waals surface area contributed by atoms with Crippen LogP contribution in [0.15, 0.2) is 11.8 Å². The highest BCUT2D eigenvalue weighted by Crippen LogP contribution is 2.37. The van der Waals surface area contributed by atoms with E-state index in [0.717, 1.165) is 25.0 Å². The van der Waals surface area contributed by atoms with Gasteiger partial charge in [0.15, 0.2) is 0 Å². The lowest BCUT2D eigenvalue weighted by molar-refractivity contribution is 0.150. The predicted molar refractivity (Wildman–Crippen MR) is 71.9 cm³/mol. The molecule has 2 aliphatic rings. The van der Waals surface area contributed by atoms with Crippen LogP contribution in [0.4, 0.5) is 0 Å². The summed E-state index contributed by atoms with van der Waals surface area (Å²) in [5, 5.41) is 3.65. The highest BCUT2D eigenvalue weighted by Gasteiger charge is 2.32. The Bertz CT molecular complexity index is 262. The van der Waals surface area contributed by atoms with E-state index in [-0.39, 0.29) is 0 Å². The van der Waals surface area contributed by atoms with Gasteiger partial charge in [-0.2, -0.15) is 0 Å². The lowest BCUT2D eigenvalue weighted by Gasteiger charge is -2.29. The van der Waals surface area contributed by atoms with E-state index < -0.39 is 0 Å². The van der Waals surface area contributed by atoms with Crippen LogP contribution in [0.25, 0.3) is 0 Å². The van der Waals surface area contributed by atoms with Crippen LogP contribution in [0.5, 0.6) is 0 Å². The molecule has 0 radical (unpaired) electrons. The van der Waals surface area contributed by atoms with Crippen LogP contribution < -0.4 is 5.32 Å². The molecular weight excluding hydrogens is 210 g/mol. The van der Waals surface area contributed by atoms with Crippen molar-refractivity contribution in [3.8, 4) is 0 Å². The molecule has 1 aliphatic heterocycles. The molecule has 1 fully saturated rings. The summed E-state index contributed by atoms with van der Waals surface area (Å²) in [4.78, 5) is 0. The minimum atomic E-state index is 0.483. The molecule has 1 saturated carbocycles. The Hall–Kier alpha value is -0.500. The molecular formula is C15H27NO. The van der Waals surface area contributed by atoms with Crippen LogP contribution in [-0.4, -0.2) is 19.2 Å². The first-order valence-electron chi connectivity index (χ1n) is 7.41. The van der Waals surface area contributed by atoms with Gasteiger partial charge < -0.3 is 10.1 Å². The third-order valence-electron chi connectivity index (χ3n) is 4.32. The molecule has 1 aliphatic carbocycles. The lowest BCUT2D eigenvalue weighted by atomic mass is 9.93. The van der Waals surface area contributed by atoms with E-state index in [1.807, 2.05) is 0 Å². The normalized spacial score (nSPS) is 30.8. The van der Waals surface area contributed by atoms with Crippen LogP contribution in [0.1, 0.15) is 52.4 Å². The van der Waals surface area contributed by atoms with E-state index in [1.165, 1.54) is 44.3 Å². The van der Waals surface area contributed by atoms with Crippen LogP contribution in [-0.2, 0) is 4.74 Å². The summed E-state index contributed by atoms with van der Waals surface area (Å²) in [6, 6.07) is 0.483. The molecule has 3 atom stereocenters. The van der Waals surface area contributed by atoms with E-state index in [9.17, 15) is 0 Å². The van der Waals surface area contributed by atoms with E-state index in [2.05, 4.69) is 25.2 Å². The summed E-state index contributed by atoms with van der Waals surface area (Å²) < 4.78 is 5.87. The molecule has 17 heavy (non-hydrogen) atoms. The van der Waals surface area contributed by atoms with E-state index in [0.29, 0.717) is 6.04 Å². The molecule has 0 aromatic heterocycles. The second-order valence-corrected chi connectivity index (χ2v) is 5.48. The molecule has 2 heteroatoms. The van der Waals surface area contributed by atoms with Gasteiger partial charge in [0.1, 0.15) is 5.76 Å². The maximum atomic E-state index is 5.87. The van der Waals surface area contributed by atoms with Gasteiger partial charge >= 0.3 is 0 Å². The molecule has 98 valence electrons. The average molecular weight is 237 g/mol. The van der Waals surface area contributed by atoms with Crippen molar-refractivity contribution in [1.82, 2.24) is 5.32 Å². The van der Waals surface area contributed by atoms with Gasteiger partial charge in [-0.15, -0.1) is 0 Å². The van der Waals surface area contributed by atoms with Crippen LogP contribution in [0, 0.1) is 11.8 Å². The molecule has 0 aromatic rings. The number of ether oxygens (including phenoxy) is 1. The van der Waals surface area contributed by atoms with Gasteiger partial charge in [0.05, 0.1) is 12.6 Å². The SMILES string of the molecule is CCNC(C1=CCCCO1)C1CCC(CC)C1.